The van der Waals surface area contributed by atoms with Crippen molar-refractivity contribution >= 4 is 23.2 Å². The van der Waals surface area contributed by atoms with Crippen LogP contribution >= 0.6 is 11.3 Å². The molecule has 1 unspecified atom stereocenters. The number of nitrogens with zero attached hydrogens (tertiary/aromatic N) is 3. The third-order valence-corrected chi connectivity index (χ3v) is 5.47. The minimum Gasteiger partial charge on any atom is -0.347 e. The molecule has 1 N–H and O–H groups in total. The number of hydrogen-bond acceptors (Lipinski definition) is 5. The van der Waals surface area contributed by atoms with E-state index in [1.165, 1.54) is 6.92 Å². The first-order chi connectivity index (χ1) is 12.1. The lowest BCUT2D eigenvalue weighted by atomic mass is 9.89. The molecule has 132 valence electrons. The van der Waals surface area contributed by atoms with E-state index in [0.717, 1.165) is 23.5 Å². The molecule has 6 nitrogen and oxygen atoms in total. The summed E-state index contributed by atoms with van der Waals surface area (Å²) in [7, 11) is 0. The van der Waals surface area contributed by atoms with Crippen LogP contribution in [0, 0.1) is 12.8 Å². The van der Waals surface area contributed by atoms with E-state index < -0.39 is 0 Å². The van der Waals surface area contributed by atoms with Crippen molar-refractivity contribution in [3.63, 3.8) is 0 Å². The number of thiazole rings is 1. The SMILES string of the molecule is CC(=O)NC(c1nccs1)C1CCN(C(=O)c2cccnc2C)CC1. The van der Waals surface area contributed by atoms with Crippen molar-refractivity contribution in [3.05, 3.63) is 46.2 Å². The molecule has 0 aromatic carbocycles. The zero-order chi connectivity index (χ0) is 17.8. The monoisotopic (exact) mass is 358 g/mol. The third kappa shape index (κ3) is 4.04. The van der Waals surface area contributed by atoms with Crippen molar-refractivity contribution in [3.8, 4) is 0 Å². The highest BCUT2D eigenvalue weighted by molar-refractivity contribution is 7.09. The normalized spacial score (nSPS) is 16.5. The third-order valence-electron chi connectivity index (χ3n) is 4.61. The van der Waals surface area contributed by atoms with Crippen LogP contribution in [0.5, 0.6) is 0 Å². The maximum atomic E-state index is 12.7. The van der Waals surface area contributed by atoms with Gasteiger partial charge >= 0.3 is 0 Å². The summed E-state index contributed by atoms with van der Waals surface area (Å²) in [5.74, 6) is 0.271. The second-order valence-electron chi connectivity index (χ2n) is 6.31. The summed E-state index contributed by atoms with van der Waals surface area (Å²) in [5, 5.41) is 5.89. The zero-order valence-electron chi connectivity index (χ0n) is 14.4. The van der Waals surface area contributed by atoms with Crippen molar-refractivity contribution < 1.29 is 9.59 Å². The summed E-state index contributed by atoms with van der Waals surface area (Å²) < 4.78 is 0. The highest BCUT2D eigenvalue weighted by atomic mass is 32.1. The van der Waals surface area contributed by atoms with Crippen LogP contribution in [0.3, 0.4) is 0 Å². The molecule has 0 radical (unpaired) electrons. The van der Waals surface area contributed by atoms with Crippen LogP contribution in [0.2, 0.25) is 0 Å². The molecule has 1 fully saturated rings. The van der Waals surface area contributed by atoms with Crippen molar-refractivity contribution in [2.24, 2.45) is 5.92 Å². The number of likely N-dealkylation sites (tertiary alicyclic amines) is 1. The van der Waals surface area contributed by atoms with Crippen molar-refractivity contribution in [1.82, 2.24) is 20.2 Å². The van der Waals surface area contributed by atoms with Crippen molar-refractivity contribution in [2.75, 3.05) is 13.1 Å². The number of piperidine rings is 1. The summed E-state index contributed by atoms with van der Waals surface area (Å²) >= 11 is 1.56. The molecule has 2 aromatic rings. The molecule has 1 saturated heterocycles. The molecule has 0 aliphatic carbocycles. The smallest absolute Gasteiger partial charge is 0.255 e. The molecule has 0 saturated carbocycles. The minimum absolute atomic E-state index is 0.0365. The molecule has 25 heavy (non-hydrogen) atoms. The van der Waals surface area contributed by atoms with E-state index in [4.69, 9.17) is 0 Å². The van der Waals surface area contributed by atoms with Gasteiger partial charge in [0.05, 0.1) is 11.6 Å². The van der Waals surface area contributed by atoms with Gasteiger partial charge in [0.25, 0.3) is 5.91 Å². The lowest BCUT2D eigenvalue weighted by Gasteiger charge is -2.35. The van der Waals surface area contributed by atoms with Crippen LogP contribution in [0.4, 0.5) is 0 Å². The fourth-order valence-corrected chi connectivity index (χ4v) is 4.09. The maximum Gasteiger partial charge on any atom is 0.255 e. The fourth-order valence-electron chi connectivity index (χ4n) is 3.30. The van der Waals surface area contributed by atoms with Gasteiger partial charge in [0.1, 0.15) is 5.01 Å². The van der Waals surface area contributed by atoms with Gasteiger partial charge in [0.2, 0.25) is 5.91 Å². The average Bonchev–Trinajstić information content (AvgIpc) is 3.14. The zero-order valence-corrected chi connectivity index (χ0v) is 15.3. The summed E-state index contributed by atoms with van der Waals surface area (Å²) in [6, 6.07) is 3.55. The summed E-state index contributed by atoms with van der Waals surface area (Å²) in [4.78, 5) is 34.7. The van der Waals surface area contributed by atoms with E-state index in [-0.39, 0.29) is 23.8 Å². The van der Waals surface area contributed by atoms with Crippen LogP contribution in [0.1, 0.15) is 46.9 Å². The molecule has 7 heteroatoms. The number of amides is 2. The fraction of sp³-hybridized carbons (Fsp3) is 0.444. The second-order valence-corrected chi connectivity index (χ2v) is 7.24. The Balaban J connectivity index is 1.67. The molecule has 3 rings (SSSR count). The van der Waals surface area contributed by atoms with E-state index in [1.807, 2.05) is 23.3 Å². The number of hydrogen-bond donors (Lipinski definition) is 1. The van der Waals surface area contributed by atoms with Gasteiger partial charge in [0, 0.05) is 43.5 Å². The molecule has 1 atom stereocenters. The minimum atomic E-state index is -0.0742. The highest BCUT2D eigenvalue weighted by Gasteiger charge is 2.31. The molecule has 1 aliphatic rings. The highest BCUT2D eigenvalue weighted by Crippen LogP contribution is 2.32. The predicted octanol–water partition coefficient (Wildman–Crippen LogP) is 2.58. The number of aryl methyl sites for hydroxylation is 1. The Bertz CT molecular complexity index is 739. The van der Waals surface area contributed by atoms with Gasteiger partial charge in [-0.1, -0.05) is 0 Å². The Labute approximate surface area is 151 Å². The van der Waals surface area contributed by atoms with Crippen LogP contribution in [-0.2, 0) is 4.79 Å². The van der Waals surface area contributed by atoms with E-state index in [1.54, 1.807) is 29.8 Å². The molecule has 3 heterocycles. The van der Waals surface area contributed by atoms with E-state index in [2.05, 4.69) is 15.3 Å². The van der Waals surface area contributed by atoms with Gasteiger partial charge in [-0.15, -0.1) is 11.3 Å². The van der Waals surface area contributed by atoms with Gasteiger partial charge in [-0.2, -0.15) is 0 Å². The van der Waals surface area contributed by atoms with E-state index in [0.29, 0.717) is 18.7 Å². The van der Waals surface area contributed by atoms with Gasteiger partial charge < -0.3 is 10.2 Å². The molecular weight excluding hydrogens is 336 g/mol. The van der Waals surface area contributed by atoms with Crippen LogP contribution in [0.25, 0.3) is 0 Å². The average molecular weight is 358 g/mol. The van der Waals surface area contributed by atoms with Crippen molar-refractivity contribution in [1.29, 1.82) is 0 Å². The van der Waals surface area contributed by atoms with Crippen LogP contribution < -0.4 is 5.32 Å². The van der Waals surface area contributed by atoms with Crippen LogP contribution in [0.15, 0.2) is 29.9 Å². The second kappa shape index (κ2) is 7.74. The molecule has 0 spiro atoms. The lowest BCUT2D eigenvalue weighted by molar-refractivity contribution is -0.120. The molecule has 2 aromatic heterocycles. The summed E-state index contributed by atoms with van der Waals surface area (Å²) in [6.07, 6.45) is 5.15. The van der Waals surface area contributed by atoms with Gasteiger partial charge in [-0.05, 0) is 37.8 Å². The Kier molecular flexibility index (Phi) is 5.43. The largest absolute Gasteiger partial charge is 0.347 e. The van der Waals surface area contributed by atoms with E-state index >= 15 is 0 Å². The molecule has 0 bridgehead atoms. The number of rotatable bonds is 4. The quantitative estimate of drug-likeness (QED) is 0.911. The first-order valence-electron chi connectivity index (χ1n) is 8.43. The van der Waals surface area contributed by atoms with Gasteiger partial charge in [-0.25, -0.2) is 4.98 Å². The van der Waals surface area contributed by atoms with Crippen LogP contribution in [-0.4, -0.2) is 39.8 Å². The topological polar surface area (TPSA) is 75.2 Å². The Morgan fingerprint density at radius 1 is 1.28 bits per heavy atom. The first-order valence-corrected chi connectivity index (χ1v) is 9.31. The lowest BCUT2D eigenvalue weighted by Crippen LogP contribution is -2.42. The number of pyridine rings is 1. The summed E-state index contributed by atoms with van der Waals surface area (Å²) in [5.41, 5.74) is 1.42. The Morgan fingerprint density at radius 3 is 2.64 bits per heavy atom. The molecule has 1 aliphatic heterocycles. The predicted molar refractivity (Wildman–Crippen MR) is 96.3 cm³/mol. The number of carbonyl (C=O) groups excluding carboxylic acids is 2. The Hall–Kier alpha value is -2.28. The molecule has 2 amide bonds. The first kappa shape index (κ1) is 17.5. The number of nitrogens with one attached hydrogen (secondary N) is 1. The van der Waals surface area contributed by atoms with Gasteiger partial charge in [0.15, 0.2) is 0 Å². The standard InChI is InChI=1S/C18H22N4O2S/c1-12-15(4-3-7-19-12)18(24)22-9-5-14(6-10-22)16(21-13(2)23)17-20-8-11-25-17/h3-4,7-8,11,14,16H,5-6,9-10H2,1-2H3,(H,21,23). The Morgan fingerprint density at radius 2 is 2.04 bits per heavy atom. The molecular formula is C18H22N4O2S. The number of aromatic nitrogens is 2. The maximum absolute atomic E-state index is 12.7. The van der Waals surface area contributed by atoms with E-state index in [9.17, 15) is 9.59 Å². The van der Waals surface area contributed by atoms with Crippen molar-refractivity contribution in [2.45, 2.75) is 32.7 Å². The summed E-state index contributed by atoms with van der Waals surface area (Å²) in [6.45, 7) is 4.75. The number of carbonyl (C=O) groups is 2. The van der Waals surface area contributed by atoms with Gasteiger partial charge in [-0.3, -0.25) is 14.6 Å².